The van der Waals surface area contributed by atoms with Crippen molar-refractivity contribution in [3.05, 3.63) is 69.0 Å². The molecule has 0 aliphatic carbocycles. The Morgan fingerprint density at radius 3 is 2.69 bits per heavy atom. The Labute approximate surface area is 185 Å². The monoisotopic (exact) mass is 490 g/mol. The normalized spacial score (nSPS) is 15.1. The van der Waals surface area contributed by atoms with Crippen molar-refractivity contribution in [3.63, 3.8) is 0 Å². The Kier molecular flexibility index (Phi) is 6.83. The fourth-order valence-electron chi connectivity index (χ4n) is 2.65. The van der Waals surface area contributed by atoms with Gasteiger partial charge in [-0.3, -0.25) is 14.5 Å². The van der Waals surface area contributed by atoms with Gasteiger partial charge in [-0.1, -0.05) is 64.2 Å². The summed E-state index contributed by atoms with van der Waals surface area (Å²) in [4.78, 5) is 38.0. The van der Waals surface area contributed by atoms with E-state index < -0.39 is 11.9 Å². The summed E-state index contributed by atoms with van der Waals surface area (Å²) in [5, 5.41) is 11.8. The molecule has 0 saturated carbocycles. The molecule has 3 rings (SSSR count). The Hall–Kier alpha value is -2.49. The molecule has 1 fully saturated rings. The molecule has 0 spiro atoms. The van der Waals surface area contributed by atoms with Crippen molar-refractivity contribution in [2.75, 3.05) is 11.9 Å². The van der Waals surface area contributed by atoms with Gasteiger partial charge in [0, 0.05) is 17.4 Å². The van der Waals surface area contributed by atoms with Crippen LogP contribution in [0.3, 0.4) is 0 Å². The first-order chi connectivity index (χ1) is 13.8. The summed E-state index contributed by atoms with van der Waals surface area (Å²) in [6.45, 7) is 0.113. The second-order valence-electron chi connectivity index (χ2n) is 6.04. The van der Waals surface area contributed by atoms with Crippen LogP contribution in [0.4, 0.5) is 5.69 Å². The lowest BCUT2D eigenvalue weighted by molar-refractivity contribution is -0.122. The molecule has 2 aromatic carbocycles. The number of thioether (sulfide) groups is 1. The fourth-order valence-corrected chi connectivity index (χ4v) is 4.37. The lowest BCUT2D eigenvalue weighted by atomic mass is 10.1. The summed E-state index contributed by atoms with van der Waals surface area (Å²) < 4.78 is 1.29. The van der Waals surface area contributed by atoms with Gasteiger partial charge in [-0.05, 0) is 35.9 Å². The van der Waals surface area contributed by atoms with Gasteiger partial charge in [-0.2, -0.15) is 0 Å². The van der Waals surface area contributed by atoms with Crippen molar-refractivity contribution in [2.45, 2.75) is 6.42 Å². The predicted octanol–water partition coefficient (Wildman–Crippen LogP) is 4.38. The highest BCUT2D eigenvalue weighted by molar-refractivity contribution is 9.10. The molecule has 1 saturated heterocycles. The zero-order valence-electron chi connectivity index (χ0n) is 14.9. The highest BCUT2D eigenvalue weighted by Gasteiger charge is 2.32. The van der Waals surface area contributed by atoms with E-state index in [1.807, 2.05) is 24.3 Å². The quantitative estimate of drug-likeness (QED) is 0.461. The van der Waals surface area contributed by atoms with E-state index in [9.17, 15) is 19.5 Å². The molecule has 148 valence electrons. The first kappa shape index (κ1) is 21.2. The number of thiocarbonyl (C=S) groups is 1. The number of benzene rings is 2. The van der Waals surface area contributed by atoms with Gasteiger partial charge in [0.15, 0.2) is 0 Å². The predicted molar refractivity (Wildman–Crippen MR) is 121 cm³/mol. The van der Waals surface area contributed by atoms with Crippen molar-refractivity contribution in [1.82, 2.24) is 4.90 Å². The zero-order chi connectivity index (χ0) is 21.0. The van der Waals surface area contributed by atoms with Crippen LogP contribution in [-0.2, 0) is 9.59 Å². The number of nitrogens with zero attached hydrogens (tertiary/aromatic N) is 1. The van der Waals surface area contributed by atoms with E-state index >= 15 is 0 Å². The molecule has 1 aliphatic heterocycles. The molecule has 9 heteroatoms. The molecule has 1 heterocycles. The summed E-state index contributed by atoms with van der Waals surface area (Å²) >= 11 is 9.86. The Morgan fingerprint density at radius 2 is 1.97 bits per heavy atom. The number of hydrogen-bond acceptors (Lipinski definition) is 5. The van der Waals surface area contributed by atoms with Gasteiger partial charge < -0.3 is 10.4 Å². The number of carbonyl (C=O) groups excluding carboxylic acids is 2. The van der Waals surface area contributed by atoms with E-state index in [1.54, 1.807) is 18.2 Å². The summed E-state index contributed by atoms with van der Waals surface area (Å²) in [6.07, 6.45) is 1.75. The molecule has 2 aromatic rings. The van der Waals surface area contributed by atoms with Crippen LogP contribution in [0.25, 0.3) is 6.08 Å². The SMILES string of the molecule is O=C(CCN1C(=O)C(=Cc2cccc(Br)c2)SC1=S)Nc1ccccc1C(=O)O. The minimum absolute atomic E-state index is 0.00316. The van der Waals surface area contributed by atoms with Crippen LogP contribution >= 0.6 is 39.9 Å². The Morgan fingerprint density at radius 1 is 1.21 bits per heavy atom. The van der Waals surface area contributed by atoms with E-state index in [1.165, 1.54) is 28.8 Å². The smallest absolute Gasteiger partial charge is 0.337 e. The van der Waals surface area contributed by atoms with Crippen LogP contribution in [-0.4, -0.2) is 38.7 Å². The Balaban J connectivity index is 1.64. The average molecular weight is 491 g/mol. The van der Waals surface area contributed by atoms with Crippen molar-refractivity contribution in [1.29, 1.82) is 0 Å². The number of para-hydroxylation sites is 1. The lowest BCUT2D eigenvalue weighted by Gasteiger charge is -2.14. The van der Waals surface area contributed by atoms with Crippen LogP contribution in [0.1, 0.15) is 22.3 Å². The maximum absolute atomic E-state index is 12.6. The van der Waals surface area contributed by atoms with Gasteiger partial charge in [-0.25, -0.2) is 4.79 Å². The van der Waals surface area contributed by atoms with Crippen molar-refractivity contribution >= 4 is 73.8 Å². The van der Waals surface area contributed by atoms with Crippen molar-refractivity contribution in [3.8, 4) is 0 Å². The molecule has 0 aromatic heterocycles. The topological polar surface area (TPSA) is 86.7 Å². The molecular weight excluding hydrogens is 476 g/mol. The zero-order valence-corrected chi connectivity index (χ0v) is 18.1. The number of halogens is 1. The van der Waals surface area contributed by atoms with Gasteiger partial charge in [-0.15, -0.1) is 0 Å². The summed E-state index contributed by atoms with van der Waals surface area (Å²) in [5.74, 6) is -1.78. The fraction of sp³-hybridized carbons (Fsp3) is 0.100. The van der Waals surface area contributed by atoms with Crippen LogP contribution < -0.4 is 5.32 Å². The third-order valence-corrected chi connectivity index (χ3v) is 5.89. The van der Waals surface area contributed by atoms with Gasteiger partial charge in [0.2, 0.25) is 5.91 Å². The maximum atomic E-state index is 12.6. The van der Waals surface area contributed by atoms with Gasteiger partial charge in [0.05, 0.1) is 16.2 Å². The maximum Gasteiger partial charge on any atom is 0.337 e. The number of carbonyl (C=O) groups is 3. The van der Waals surface area contributed by atoms with E-state index in [0.717, 1.165) is 10.0 Å². The van der Waals surface area contributed by atoms with Crippen LogP contribution in [0, 0.1) is 0 Å². The molecule has 2 N–H and O–H groups in total. The standard InChI is InChI=1S/C20H15BrN2O4S2/c21-13-5-3-4-12(10-13)11-16-18(25)23(20(28)29-16)9-8-17(24)22-15-7-2-1-6-14(15)19(26)27/h1-7,10-11H,8-9H2,(H,22,24)(H,26,27). The summed E-state index contributed by atoms with van der Waals surface area (Å²) in [5.41, 5.74) is 1.08. The Bertz CT molecular complexity index is 1040. The third kappa shape index (κ3) is 5.31. The molecule has 2 amide bonds. The molecule has 0 radical (unpaired) electrons. The van der Waals surface area contributed by atoms with E-state index in [2.05, 4.69) is 21.2 Å². The van der Waals surface area contributed by atoms with Crippen LogP contribution in [0.15, 0.2) is 57.9 Å². The molecule has 29 heavy (non-hydrogen) atoms. The summed E-state index contributed by atoms with van der Waals surface area (Å²) in [7, 11) is 0. The molecule has 0 unspecified atom stereocenters. The number of carboxylic acids is 1. The second kappa shape index (κ2) is 9.34. The number of carboxylic acid groups (broad SMARTS) is 1. The molecular formula is C20H15BrN2O4S2. The number of nitrogens with one attached hydrogen (secondary N) is 1. The van der Waals surface area contributed by atoms with E-state index in [4.69, 9.17) is 12.2 Å². The molecule has 1 aliphatic rings. The first-order valence-electron chi connectivity index (χ1n) is 8.48. The van der Waals surface area contributed by atoms with Crippen molar-refractivity contribution in [2.24, 2.45) is 0 Å². The number of rotatable bonds is 6. The molecule has 6 nitrogen and oxygen atoms in total. The van der Waals surface area contributed by atoms with Crippen molar-refractivity contribution < 1.29 is 19.5 Å². The number of hydrogen-bond donors (Lipinski definition) is 2. The number of amides is 2. The average Bonchev–Trinajstić information content (AvgIpc) is 2.93. The van der Waals surface area contributed by atoms with Gasteiger partial charge in [0.25, 0.3) is 5.91 Å². The van der Waals surface area contributed by atoms with Gasteiger partial charge >= 0.3 is 5.97 Å². The minimum Gasteiger partial charge on any atom is -0.478 e. The number of anilines is 1. The second-order valence-corrected chi connectivity index (χ2v) is 8.63. The largest absolute Gasteiger partial charge is 0.478 e. The highest BCUT2D eigenvalue weighted by Crippen LogP contribution is 2.33. The molecule has 0 atom stereocenters. The van der Waals surface area contributed by atoms with E-state index in [0.29, 0.717) is 9.23 Å². The third-order valence-electron chi connectivity index (χ3n) is 4.01. The minimum atomic E-state index is -1.13. The number of aromatic carboxylic acids is 1. The van der Waals surface area contributed by atoms with Crippen LogP contribution in [0.5, 0.6) is 0 Å². The summed E-state index contributed by atoms with van der Waals surface area (Å²) in [6, 6.07) is 13.7. The van der Waals surface area contributed by atoms with E-state index in [-0.39, 0.29) is 30.1 Å². The first-order valence-corrected chi connectivity index (χ1v) is 10.5. The van der Waals surface area contributed by atoms with Crippen LogP contribution in [0.2, 0.25) is 0 Å². The molecule has 0 bridgehead atoms. The lowest BCUT2D eigenvalue weighted by Crippen LogP contribution is -2.31. The highest BCUT2D eigenvalue weighted by atomic mass is 79.9. The van der Waals surface area contributed by atoms with Gasteiger partial charge in [0.1, 0.15) is 4.32 Å².